The van der Waals surface area contributed by atoms with Gasteiger partial charge in [-0.25, -0.2) is 0 Å². The summed E-state index contributed by atoms with van der Waals surface area (Å²) in [4.78, 5) is 2.58. The largest absolute Gasteiger partial charge is 0.870 e. The number of hydrogen-bond acceptors (Lipinski definition) is 4. The van der Waals surface area contributed by atoms with Crippen molar-refractivity contribution in [3.05, 3.63) is 0 Å². The molecule has 0 saturated carbocycles. The number of likely N-dealkylation sites (N-methyl/N-ethyl adjacent to an activating group) is 2. The molecule has 0 rings (SSSR count). The van der Waals surface area contributed by atoms with Gasteiger partial charge in [0, 0.05) is 0 Å². The highest BCUT2D eigenvalue weighted by atomic mass is 16.3. The molecular formula is C8H26N2O4. The van der Waals surface area contributed by atoms with Gasteiger partial charge in [0.2, 0.25) is 0 Å². The Balaban J connectivity index is -0.0000000625. The first-order valence-corrected chi connectivity index (χ1v) is 4.34. The smallest absolute Gasteiger partial charge is 0.100 e. The lowest BCUT2D eigenvalue weighted by molar-refractivity contribution is -0.858. The molecule has 0 saturated heterocycles. The lowest BCUT2D eigenvalue weighted by Crippen LogP contribution is -3.06. The Morgan fingerprint density at radius 2 is 0.929 bits per heavy atom. The van der Waals surface area contributed by atoms with E-state index in [-0.39, 0.29) is 11.0 Å². The second kappa shape index (κ2) is 18.5. The molecule has 14 heavy (non-hydrogen) atoms. The van der Waals surface area contributed by atoms with E-state index in [1.165, 1.54) is 9.80 Å². The maximum Gasteiger partial charge on any atom is 0.100 e. The standard InChI is InChI=1S/2C4H11NO.2H2O/c2*1-5(2)3-4-6;;/h2*6H,3-4H2,1-2H3;2*1H2. The second-order valence-electron chi connectivity index (χ2n) is 3.36. The molecule has 92 valence electrons. The highest BCUT2D eigenvalue weighted by Gasteiger charge is 1.84. The van der Waals surface area contributed by atoms with Crippen LogP contribution < -0.4 is 9.80 Å². The summed E-state index contributed by atoms with van der Waals surface area (Å²) in [5.74, 6) is 0. The summed E-state index contributed by atoms with van der Waals surface area (Å²) in [6.45, 7) is 2.28. The van der Waals surface area contributed by atoms with Crippen LogP contribution in [0.5, 0.6) is 0 Å². The summed E-state index contributed by atoms with van der Waals surface area (Å²) in [6, 6.07) is 0. The Labute approximate surface area is 86.4 Å². The van der Waals surface area contributed by atoms with Crippen LogP contribution in [0.4, 0.5) is 0 Å². The van der Waals surface area contributed by atoms with E-state index >= 15 is 0 Å². The van der Waals surface area contributed by atoms with Crippen LogP contribution in [-0.4, -0.2) is 75.7 Å². The zero-order chi connectivity index (χ0) is 9.98. The van der Waals surface area contributed by atoms with Crippen molar-refractivity contribution >= 4 is 0 Å². The summed E-state index contributed by atoms with van der Waals surface area (Å²) in [5.41, 5.74) is 0. The number of aliphatic hydroxyl groups is 2. The normalized spacial score (nSPS) is 8.57. The quantitative estimate of drug-likeness (QED) is 0.381. The molecule has 0 aliphatic carbocycles. The summed E-state index contributed by atoms with van der Waals surface area (Å²) < 4.78 is 0. The zero-order valence-corrected chi connectivity index (χ0v) is 9.62. The van der Waals surface area contributed by atoms with Crippen molar-refractivity contribution < 1.29 is 31.0 Å². The molecule has 0 aliphatic heterocycles. The number of aliphatic hydroxyl groups excluding tert-OH is 2. The van der Waals surface area contributed by atoms with Crippen LogP contribution in [0.15, 0.2) is 0 Å². The van der Waals surface area contributed by atoms with Crippen molar-refractivity contribution in [1.29, 1.82) is 0 Å². The predicted octanol–water partition coefficient (Wildman–Crippen LogP) is -4.11. The Bertz CT molecular complexity index is 71.7. The Morgan fingerprint density at radius 3 is 0.929 bits per heavy atom. The van der Waals surface area contributed by atoms with Crippen molar-refractivity contribution in [1.82, 2.24) is 0 Å². The van der Waals surface area contributed by atoms with Gasteiger partial charge in [-0.1, -0.05) is 0 Å². The molecule has 0 aromatic rings. The molecule has 0 aromatic carbocycles. The van der Waals surface area contributed by atoms with Gasteiger partial charge in [0.25, 0.3) is 0 Å². The second-order valence-corrected chi connectivity index (χ2v) is 3.36. The van der Waals surface area contributed by atoms with E-state index in [1.807, 2.05) is 28.2 Å². The minimum absolute atomic E-state index is 0. The summed E-state index contributed by atoms with van der Waals surface area (Å²) in [6.07, 6.45) is 0. The molecule has 0 heterocycles. The van der Waals surface area contributed by atoms with Crippen molar-refractivity contribution in [2.24, 2.45) is 0 Å². The minimum Gasteiger partial charge on any atom is -0.870 e. The summed E-state index contributed by atoms with van der Waals surface area (Å²) >= 11 is 0. The molecule has 6 N–H and O–H groups in total. The Morgan fingerprint density at radius 1 is 0.714 bits per heavy atom. The van der Waals surface area contributed by atoms with Crippen molar-refractivity contribution in [3.63, 3.8) is 0 Å². The molecule has 6 nitrogen and oxygen atoms in total. The number of hydrogen-bond donors (Lipinski definition) is 4. The van der Waals surface area contributed by atoms with Crippen LogP contribution in [-0.2, 0) is 0 Å². The maximum absolute atomic E-state index is 8.22. The van der Waals surface area contributed by atoms with Gasteiger partial charge >= 0.3 is 0 Å². The monoisotopic (exact) mass is 214 g/mol. The van der Waals surface area contributed by atoms with Gasteiger partial charge < -0.3 is 31.0 Å². The molecule has 0 fully saturated rings. The lowest BCUT2D eigenvalue weighted by atomic mass is 10.6. The van der Waals surface area contributed by atoms with Crippen LogP contribution >= 0.6 is 0 Å². The van der Waals surface area contributed by atoms with E-state index in [1.54, 1.807) is 0 Å². The molecule has 0 bridgehead atoms. The van der Waals surface area contributed by atoms with Gasteiger partial charge in [0.05, 0.1) is 41.4 Å². The van der Waals surface area contributed by atoms with Gasteiger partial charge in [-0.3, -0.25) is 0 Å². The first-order chi connectivity index (χ1) is 5.54. The van der Waals surface area contributed by atoms with E-state index in [2.05, 4.69) is 0 Å². The first-order valence-electron chi connectivity index (χ1n) is 4.34. The van der Waals surface area contributed by atoms with Crippen LogP contribution in [0.3, 0.4) is 0 Å². The predicted molar refractivity (Wildman–Crippen MR) is 53.4 cm³/mol. The lowest BCUT2D eigenvalue weighted by Gasteiger charge is -2.00. The molecule has 6 heteroatoms. The molecule has 0 atom stereocenters. The highest BCUT2D eigenvalue weighted by Crippen LogP contribution is 1.36. The third-order valence-corrected chi connectivity index (χ3v) is 1.22. The molecule has 0 spiro atoms. The van der Waals surface area contributed by atoms with E-state index < -0.39 is 0 Å². The Hall–Kier alpha value is -0.240. The van der Waals surface area contributed by atoms with Gasteiger partial charge in [-0.2, -0.15) is 0 Å². The van der Waals surface area contributed by atoms with Crippen LogP contribution in [0.25, 0.3) is 0 Å². The molecule has 0 radical (unpaired) electrons. The number of quaternary nitrogens is 2. The van der Waals surface area contributed by atoms with Crippen molar-refractivity contribution in [2.75, 3.05) is 54.5 Å². The van der Waals surface area contributed by atoms with Gasteiger partial charge in [0.1, 0.15) is 13.1 Å². The SMILES string of the molecule is C[NH+](C)CCO.C[NH+](C)CCO.[OH-].[OH-]. The molecule has 0 unspecified atom stereocenters. The topological polar surface area (TPSA) is 109 Å². The van der Waals surface area contributed by atoms with E-state index in [9.17, 15) is 0 Å². The fourth-order valence-corrected chi connectivity index (χ4v) is 0.447. The van der Waals surface area contributed by atoms with Gasteiger partial charge in [-0.05, 0) is 0 Å². The van der Waals surface area contributed by atoms with E-state index in [0.29, 0.717) is 13.2 Å². The van der Waals surface area contributed by atoms with Crippen LogP contribution in [0, 0.1) is 0 Å². The molecular weight excluding hydrogens is 188 g/mol. The van der Waals surface area contributed by atoms with Crippen molar-refractivity contribution in [2.45, 2.75) is 0 Å². The van der Waals surface area contributed by atoms with Crippen molar-refractivity contribution in [3.8, 4) is 0 Å². The molecule has 0 aromatic heterocycles. The summed E-state index contributed by atoms with van der Waals surface area (Å²) in [7, 11) is 8.04. The van der Waals surface area contributed by atoms with Gasteiger partial charge in [0.15, 0.2) is 0 Å². The van der Waals surface area contributed by atoms with E-state index in [4.69, 9.17) is 10.2 Å². The molecule has 0 amide bonds. The average molecular weight is 214 g/mol. The highest BCUT2D eigenvalue weighted by molar-refractivity contribution is 4.10. The fourth-order valence-electron chi connectivity index (χ4n) is 0.447. The van der Waals surface area contributed by atoms with Crippen LogP contribution in [0.1, 0.15) is 0 Å². The average Bonchev–Trinajstić information content (AvgIpc) is 1.87. The maximum atomic E-state index is 8.22. The van der Waals surface area contributed by atoms with Crippen LogP contribution in [0.2, 0.25) is 0 Å². The van der Waals surface area contributed by atoms with Gasteiger partial charge in [-0.15, -0.1) is 0 Å². The molecule has 0 aliphatic rings. The Kier molecular flexibility index (Phi) is 31.1. The van der Waals surface area contributed by atoms with E-state index in [0.717, 1.165) is 13.1 Å². The summed E-state index contributed by atoms with van der Waals surface area (Å²) in [5, 5.41) is 16.4. The number of nitrogens with one attached hydrogen (secondary N) is 2. The third kappa shape index (κ3) is 41.0. The number of rotatable bonds is 4. The third-order valence-electron chi connectivity index (χ3n) is 1.22. The first kappa shape index (κ1) is 23.5. The minimum atomic E-state index is 0. The zero-order valence-electron chi connectivity index (χ0n) is 9.62. The fraction of sp³-hybridized carbons (Fsp3) is 1.00.